The van der Waals surface area contributed by atoms with Crippen molar-refractivity contribution < 1.29 is 169 Å². The minimum Gasteiger partial charge on any atom is -0.744 e. The van der Waals surface area contributed by atoms with Crippen LogP contribution in [0.5, 0.6) is 0 Å². The van der Waals surface area contributed by atoms with E-state index >= 15 is 0 Å². The molecular weight excluding hydrogens is 821 g/mol. The smallest absolute Gasteiger partial charge is 0.744 e. The molecule has 0 atom stereocenters. The Morgan fingerprint density at radius 1 is 0.655 bits per heavy atom. The number of carbonyl (C=O) groups is 1. The van der Waals surface area contributed by atoms with Gasteiger partial charge in [0.25, 0.3) is 0 Å². The summed E-state index contributed by atoms with van der Waals surface area (Å²) in [6.45, 7) is 1.65. The van der Waals surface area contributed by atoms with Crippen molar-refractivity contribution in [2.75, 3.05) is 16.0 Å². The minimum absolute atomic E-state index is 0. The van der Waals surface area contributed by atoms with Crippen LogP contribution in [0.4, 0.5) is 34.9 Å². The van der Waals surface area contributed by atoms with E-state index in [0.29, 0.717) is 40.1 Å². The quantitative estimate of drug-likeness (QED) is 0.0339. The van der Waals surface area contributed by atoms with E-state index in [2.05, 4.69) is 40.3 Å². The SMILES string of the molecule is Cc1cc(S(=O)(=O)[O-])c2ccc(Nc3nc(Nc4cccc(C(=O)[O-])c4)nc(Nc4ccc5c(S(=O)(=O)[O-])cc(SOO[O-])cc5c4)n3)cc2c1.[Na+].[Na+].[Na+].[Na+]. The predicted octanol–water partition coefficient (Wildman–Crippen LogP) is -8.86. The molecule has 0 bridgehead atoms. The van der Waals surface area contributed by atoms with Gasteiger partial charge in [0.15, 0.2) is 0 Å². The first-order valence-electron chi connectivity index (χ1n) is 14.2. The molecule has 0 aliphatic rings. The molecule has 262 valence electrons. The maximum absolute atomic E-state index is 12.0. The second-order valence-electron chi connectivity index (χ2n) is 10.7. The fourth-order valence-electron chi connectivity index (χ4n) is 5.11. The topological polar surface area (TPSA) is 271 Å². The first kappa shape index (κ1) is 49.7. The van der Waals surface area contributed by atoms with Gasteiger partial charge in [-0.15, -0.1) is 0 Å². The van der Waals surface area contributed by atoms with Crippen molar-refractivity contribution in [3.8, 4) is 0 Å². The van der Waals surface area contributed by atoms with E-state index in [9.17, 15) is 41.1 Å². The Kier molecular flexibility index (Phi) is 19.0. The number of carbonyl (C=O) groups excluding carboxylic acids is 1. The molecule has 0 saturated heterocycles. The summed E-state index contributed by atoms with van der Waals surface area (Å²) in [6, 6.07) is 20.0. The van der Waals surface area contributed by atoms with Gasteiger partial charge in [-0.05, 0) is 94.2 Å². The fraction of sp³-hybridized carbons (Fsp3) is 0.0323. The standard InChI is InChI=1S/C31H24N6O11S3.4Na/c1-16-9-18-12-21(5-7-24(18)26(10-16)50(41,42)43)33-30-35-29(32-20-4-2-3-17(11-20)28(38)39)36-31(37-30)34-22-6-8-25-19(13-22)14-23(49-48-47-40)15-27(25)51(44,45)46;;;;/h2-15,40H,1H3,(H,38,39)(H,41,42,43)(H,44,45,46)(H3,32,33,34,35,36,37);;;;/q;4*+1/p-4. The van der Waals surface area contributed by atoms with Crippen LogP contribution >= 0.6 is 12.0 Å². The van der Waals surface area contributed by atoms with Gasteiger partial charge in [0.1, 0.15) is 20.2 Å². The van der Waals surface area contributed by atoms with Crippen molar-refractivity contribution in [3.63, 3.8) is 0 Å². The van der Waals surface area contributed by atoms with E-state index in [0.717, 1.165) is 6.07 Å². The predicted molar refractivity (Wildman–Crippen MR) is 177 cm³/mol. The molecule has 1 heterocycles. The fourth-order valence-corrected chi connectivity index (χ4v) is 7.15. The van der Waals surface area contributed by atoms with Crippen LogP contribution in [0.15, 0.2) is 99.6 Å². The van der Waals surface area contributed by atoms with Crippen molar-refractivity contribution in [2.24, 2.45) is 0 Å². The molecule has 1 aromatic heterocycles. The van der Waals surface area contributed by atoms with E-state index in [1.807, 2.05) is 0 Å². The summed E-state index contributed by atoms with van der Waals surface area (Å²) in [5.41, 5.74) is 1.43. The van der Waals surface area contributed by atoms with Gasteiger partial charge in [0, 0.05) is 22.0 Å². The van der Waals surface area contributed by atoms with Gasteiger partial charge >= 0.3 is 118 Å². The Hall–Kier alpha value is -1.45. The number of nitrogens with one attached hydrogen (secondary N) is 3. The molecule has 5 aromatic carbocycles. The molecule has 0 saturated carbocycles. The molecule has 0 unspecified atom stereocenters. The molecule has 0 radical (unpaired) electrons. The molecular formula is C31H20N6Na4O11S3. The number of carboxylic acid groups (broad SMARTS) is 1. The molecule has 17 nitrogen and oxygen atoms in total. The van der Waals surface area contributed by atoms with E-state index in [1.54, 1.807) is 25.1 Å². The number of hydrogen-bond acceptors (Lipinski definition) is 18. The minimum atomic E-state index is -4.95. The summed E-state index contributed by atoms with van der Waals surface area (Å²) in [7, 11) is -9.71. The van der Waals surface area contributed by atoms with Crippen LogP contribution in [0.1, 0.15) is 15.9 Å². The van der Waals surface area contributed by atoms with Crippen LogP contribution in [-0.4, -0.2) is 46.9 Å². The zero-order chi connectivity index (χ0) is 36.5. The number of benzene rings is 5. The molecule has 0 spiro atoms. The van der Waals surface area contributed by atoms with Crippen molar-refractivity contribution >= 4 is 94.7 Å². The van der Waals surface area contributed by atoms with Gasteiger partial charge in [-0.3, -0.25) is 5.04 Å². The number of rotatable bonds is 12. The van der Waals surface area contributed by atoms with Gasteiger partial charge in [-0.1, -0.05) is 30.3 Å². The first-order valence-corrected chi connectivity index (χ1v) is 17.8. The van der Waals surface area contributed by atoms with Crippen molar-refractivity contribution in [3.05, 3.63) is 96.1 Å². The molecule has 0 aliphatic carbocycles. The molecule has 6 rings (SSSR count). The average molecular weight is 841 g/mol. The van der Waals surface area contributed by atoms with E-state index in [-0.39, 0.29) is 168 Å². The van der Waals surface area contributed by atoms with Gasteiger partial charge < -0.3 is 40.2 Å². The maximum Gasteiger partial charge on any atom is 1.00 e. The molecule has 24 heteroatoms. The summed E-state index contributed by atoms with van der Waals surface area (Å²) in [5, 5.41) is 35.0. The number of anilines is 6. The molecule has 0 aliphatic heterocycles. The number of aryl methyl sites for hydroxylation is 1. The normalized spacial score (nSPS) is 11.0. The van der Waals surface area contributed by atoms with Crippen LogP contribution in [-0.2, 0) is 29.6 Å². The second-order valence-corrected chi connectivity index (χ2v) is 14.2. The molecule has 6 aromatic rings. The molecule has 0 fully saturated rings. The third kappa shape index (κ3) is 12.8. The summed E-state index contributed by atoms with van der Waals surface area (Å²) in [4.78, 5) is 23.7. The Labute approximate surface area is 406 Å². The summed E-state index contributed by atoms with van der Waals surface area (Å²) in [6.07, 6.45) is 0. The van der Waals surface area contributed by atoms with E-state index < -0.39 is 31.1 Å². The number of carboxylic acids is 1. The monoisotopic (exact) mass is 840 g/mol. The maximum atomic E-state index is 12.0. The van der Waals surface area contributed by atoms with Gasteiger partial charge in [-0.25, -0.2) is 16.8 Å². The van der Waals surface area contributed by atoms with Gasteiger partial charge in [-0.2, -0.15) is 19.3 Å². The molecule has 3 N–H and O–H groups in total. The second kappa shape index (κ2) is 21.0. The summed E-state index contributed by atoms with van der Waals surface area (Å²) >= 11 is 0.393. The Balaban J connectivity index is 0.00000261. The van der Waals surface area contributed by atoms with Crippen LogP contribution in [0, 0.1) is 6.92 Å². The van der Waals surface area contributed by atoms with Crippen molar-refractivity contribution in [2.45, 2.75) is 21.6 Å². The van der Waals surface area contributed by atoms with Crippen LogP contribution in [0.3, 0.4) is 0 Å². The average Bonchev–Trinajstić information content (AvgIpc) is 3.05. The molecule has 0 amide bonds. The van der Waals surface area contributed by atoms with Crippen molar-refractivity contribution in [1.82, 2.24) is 15.0 Å². The van der Waals surface area contributed by atoms with Crippen LogP contribution < -0.4 is 145 Å². The van der Waals surface area contributed by atoms with Crippen LogP contribution in [0.2, 0.25) is 0 Å². The molecule has 55 heavy (non-hydrogen) atoms. The number of aromatic carboxylic acids is 1. The number of nitrogens with zero attached hydrogens (tertiary/aromatic N) is 3. The van der Waals surface area contributed by atoms with E-state index in [1.165, 1.54) is 60.7 Å². The Bertz CT molecular complexity index is 2590. The number of hydrogen-bond donors (Lipinski definition) is 3. The first-order chi connectivity index (χ1) is 24.2. The van der Waals surface area contributed by atoms with Gasteiger partial charge in [0.2, 0.25) is 17.8 Å². The summed E-state index contributed by atoms with van der Waals surface area (Å²) < 4.78 is 76.0. The third-order valence-corrected chi connectivity index (χ3v) is 9.45. The van der Waals surface area contributed by atoms with E-state index in [4.69, 9.17) is 0 Å². The number of fused-ring (bicyclic) bond motifs is 2. The zero-order valence-corrected chi connectivity index (χ0v) is 40.1. The number of aromatic nitrogens is 3. The Morgan fingerprint density at radius 2 is 1.13 bits per heavy atom. The van der Waals surface area contributed by atoms with Crippen LogP contribution in [0.25, 0.3) is 21.5 Å². The van der Waals surface area contributed by atoms with Gasteiger partial charge in [0.05, 0.1) is 27.8 Å². The van der Waals surface area contributed by atoms with Crippen molar-refractivity contribution in [1.29, 1.82) is 0 Å². The zero-order valence-electron chi connectivity index (χ0n) is 29.6. The summed E-state index contributed by atoms with van der Waals surface area (Å²) in [5.74, 6) is -1.57. The Morgan fingerprint density at radius 3 is 1.60 bits per heavy atom. The third-order valence-electron chi connectivity index (χ3n) is 7.15. The largest absolute Gasteiger partial charge is 1.00 e.